The SMILES string of the molecule is N#Cc1c(NC(=O)CSc2nncn2-c2ccccc2)sc2c1CCCC2. The molecule has 0 saturated carbocycles. The molecule has 1 N–H and O–H groups in total. The molecule has 0 fully saturated rings. The molecule has 0 radical (unpaired) electrons. The van der Waals surface area contributed by atoms with Gasteiger partial charge >= 0.3 is 0 Å². The molecule has 2 heterocycles. The second-order valence-corrected chi connectivity index (χ2v) is 8.23. The average Bonchev–Trinajstić information content (AvgIpc) is 3.31. The van der Waals surface area contributed by atoms with E-state index in [-0.39, 0.29) is 11.7 Å². The van der Waals surface area contributed by atoms with Crippen LogP contribution in [0.25, 0.3) is 5.69 Å². The van der Waals surface area contributed by atoms with Crippen LogP contribution in [0, 0.1) is 11.3 Å². The molecule has 1 aliphatic rings. The molecule has 1 aromatic carbocycles. The highest BCUT2D eigenvalue weighted by Gasteiger charge is 2.22. The van der Waals surface area contributed by atoms with Crippen LogP contribution in [-0.4, -0.2) is 26.4 Å². The number of aromatic nitrogens is 3. The first kappa shape index (κ1) is 17.8. The molecule has 0 unspecified atom stereocenters. The molecule has 4 rings (SSSR count). The van der Waals surface area contributed by atoms with Crippen molar-refractivity contribution in [3.63, 3.8) is 0 Å². The van der Waals surface area contributed by atoms with E-state index in [1.54, 1.807) is 17.7 Å². The van der Waals surface area contributed by atoms with Crippen LogP contribution in [0.4, 0.5) is 5.00 Å². The fourth-order valence-electron chi connectivity index (χ4n) is 3.15. The molecule has 2 aromatic heterocycles. The van der Waals surface area contributed by atoms with E-state index < -0.39 is 0 Å². The van der Waals surface area contributed by atoms with Crippen LogP contribution in [-0.2, 0) is 17.6 Å². The number of nitrogens with one attached hydrogen (secondary N) is 1. The Labute approximate surface area is 165 Å². The Morgan fingerprint density at radius 1 is 1.30 bits per heavy atom. The molecular formula is C19H17N5OS2. The zero-order valence-electron chi connectivity index (χ0n) is 14.5. The quantitative estimate of drug-likeness (QED) is 0.664. The summed E-state index contributed by atoms with van der Waals surface area (Å²) in [6, 6.07) is 12.0. The van der Waals surface area contributed by atoms with Crippen molar-refractivity contribution in [3.05, 3.63) is 52.7 Å². The third-order valence-electron chi connectivity index (χ3n) is 4.42. The second kappa shape index (κ2) is 7.94. The number of carbonyl (C=O) groups is 1. The van der Waals surface area contributed by atoms with Gasteiger partial charge in [-0.15, -0.1) is 21.5 Å². The van der Waals surface area contributed by atoms with E-state index in [0.717, 1.165) is 36.9 Å². The number of amides is 1. The lowest BCUT2D eigenvalue weighted by Gasteiger charge is -2.09. The maximum absolute atomic E-state index is 12.4. The summed E-state index contributed by atoms with van der Waals surface area (Å²) < 4.78 is 1.85. The summed E-state index contributed by atoms with van der Waals surface area (Å²) >= 11 is 2.86. The number of nitriles is 1. The lowest BCUT2D eigenvalue weighted by atomic mass is 9.96. The zero-order valence-corrected chi connectivity index (χ0v) is 16.1. The Morgan fingerprint density at radius 3 is 2.93 bits per heavy atom. The van der Waals surface area contributed by atoms with Gasteiger partial charge in [-0.25, -0.2) is 0 Å². The van der Waals surface area contributed by atoms with E-state index in [1.807, 2.05) is 34.9 Å². The Balaban J connectivity index is 1.44. The van der Waals surface area contributed by atoms with E-state index in [4.69, 9.17) is 0 Å². The number of thiophene rings is 1. The number of hydrogen-bond donors (Lipinski definition) is 1. The molecule has 0 bridgehead atoms. The van der Waals surface area contributed by atoms with Crippen LogP contribution in [0.15, 0.2) is 41.8 Å². The Hall–Kier alpha value is -2.63. The number of thioether (sulfide) groups is 1. The first-order chi connectivity index (χ1) is 13.3. The number of hydrogen-bond acceptors (Lipinski definition) is 6. The Morgan fingerprint density at radius 2 is 2.11 bits per heavy atom. The standard InChI is InChI=1S/C19H17N5OS2/c20-10-15-14-8-4-5-9-16(14)27-18(15)22-17(25)11-26-19-23-21-12-24(19)13-6-2-1-3-7-13/h1-3,6-7,12H,4-5,8-9,11H2,(H,22,25). The lowest BCUT2D eigenvalue weighted by molar-refractivity contribution is -0.113. The van der Waals surface area contributed by atoms with Crippen molar-refractivity contribution in [2.75, 3.05) is 11.1 Å². The Bertz CT molecular complexity index is 1000. The molecule has 3 aromatic rings. The van der Waals surface area contributed by atoms with Crippen LogP contribution in [0.5, 0.6) is 0 Å². The summed E-state index contributed by atoms with van der Waals surface area (Å²) in [5.41, 5.74) is 2.71. The highest BCUT2D eigenvalue weighted by atomic mass is 32.2. The number of fused-ring (bicyclic) bond motifs is 1. The number of rotatable bonds is 5. The number of anilines is 1. The van der Waals surface area contributed by atoms with Crippen molar-refractivity contribution in [2.24, 2.45) is 0 Å². The van der Waals surface area contributed by atoms with Crippen LogP contribution in [0.3, 0.4) is 0 Å². The zero-order chi connectivity index (χ0) is 18.6. The van der Waals surface area contributed by atoms with Crippen molar-refractivity contribution in [1.29, 1.82) is 5.26 Å². The van der Waals surface area contributed by atoms with E-state index in [9.17, 15) is 10.1 Å². The summed E-state index contributed by atoms with van der Waals surface area (Å²) in [4.78, 5) is 13.7. The summed E-state index contributed by atoms with van der Waals surface area (Å²) in [5.74, 6) is 0.0663. The molecule has 6 nitrogen and oxygen atoms in total. The van der Waals surface area contributed by atoms with E-state index in [1.165, 1.54) is 16.6 Å². The maximum Gasteiger partial charge on any atom is 0.235 e. The molecule has 27 heavy (non-hydrogen) atoms. The molecule has 0 atom stereocenters. The first-order valence-electron chi connectivity index (χ1n) is 8.69. The van der Waals surface area contributed by atoms with E-state index >= 15 is 0 Å². The van der Waals surface area contributed by atoms with Crippen molar-refractivity contribution < 1.29 is 4.79 Å². The third kappa shape index (κ3) is 3.75. The minimum atomic E-state index is -0.141. The number of benzene rings is 1. The van der Waals surface area contributed by atoms with Gasteiger partial charge in [-0.1, -0.05) is 30.0 Å². The van der Waals surface area contributed by atoms with Gasteiger partial charge in [0.05, 0.1) is 11.3 Å². The lowest BCUT2D eigenvalue weighted by Crippen LogP contribution is -2.14. The predicted octanol–water partition coefficient (Wildman–Crippen LogP) is 3.81. The van der Waals surface area contributed by atoms with Gasteiger partial charge in [0.2, 0.25) is 5.91 Å². The normalized spacial score (nSPS) is 13.0. The van der Waals surface area contributed by atoms with Gasteiger partial charge in [0.15, 0.2) is 5.16 Å². The molecule has 0 saturated heterocycles. The topological polar surface area (TPSA) is 83.6 Å². The van der Waals surface area contributed by atoms with Gasteiger partial charge < -0.3 is 5.32 Å². The number of nitrogens with zero attached hydrogens (tertiary/aromatic N) is 4. The van der Waals surface area contributed by atoms with Crippen LogP contribution in [0.1, 0.15) is 28.8 Å². The van der Waals surface area contributed by atoms with Gasteiger partial charge in [0.25, 0.3) is 0 Å². The third-order valence-corrected chi connectivity index (χ3v) is 6.57. The fourth-order valence-corrected chi connectivity index (χ4v) is 5.14. The van der Waals surface area contributed by atoms with Gasteiger partial charge in [-0.05, 0) is 43.4 Å². The van der Waals surface area contributed by atoms with Crippen molar-refractivity contribution >= 4 is 34.0 Å². The largest absolute Gasteiger partial charge is 0.316 e. The predicted molar refractivity (Wildman–Crippen MR) is 106 cm³/mol. The molecule has 0 spiro atoms. The molecule has 0 aliphatic heterocycles. The number of aryl methyl sites for hydroxylation is 1. The first-order valence-corrected chi connectivity index (χ1v) is 10.5. The van der Waals surface area contributed by atoms with Crippen molar-refractivity contribution in [1.82, 2.24) is 14.8 Å². The molecule has 1 amide bonds. The van der Waals surface area contributed by atoms with Crippen LogP contribution >= 0.6 is 23.1 Å². The van der Waals surface area contributed by atoms with Gasteiger partial charge in [-0.3, -0.25) is 9.36 Å². The Kier molecular flexibility index (Phi) is 5.23. The fraction of sp³-hybridized carbons (Fsp3) is 0.263. The molecular weight excluding hydrogens is 378 g/mol. The average molecular weight is 396 g/mol. The number of para-hydroxylation sites is 1. The van der Waals surface area contributed by atoms with E-state index in [0.29, 0.717) is 15.7 Å². The summed E-state index contributed by atoms with van der Waals surface area (Å²) in [6.45, 7) is 0. The van der Waals surface area contributed by atoms with E-state index in [2.05, 4.69) is 21.6 Å². The summed E-state index contributed by atoms with van der Waals surface area (Å²) in [6.07, 6.45) is 5.82. The smallest absolute Gasteiger partial charge is 0.235 e. The number of carbonyl (C=O) groups excluding carboxylic acids is 1. The molecule has 136 valence electrons. The highest BCUT2D eigenvalue weighted by Crippen LogP contribution is 2.37. The monoisotopic (exact) mass is 395 g/mol. The maximum atomic E-state index is 12.4. The summed E-state index contributed by atoms with van der Waals surface area (Å²) in [5, 5.41) is 21.8. The minimum absolute atomic E-state index is 0.141. The van der Waals surface area contributed by atoms with Crippen LogP contribution < -0.4 is 5.32 Å². The highest BCUT2D eigenvalue weighted by molar-refractivity contribution is 7.99. The van der Waals surface area contributed by atoms with Crippen LogP contribution in [0.2, 0.25) is 0 Å². The summed E-state index contributed by atoms with van der Waals surface area (Å²) in [7, 11) is 0. The molecule has 1 aliphatic carbocycles. The van der Waals surface area contributed by atoms with Gasteiger partial charge in [-0.2, -0.15) is 5.26 Å². The van der Waals surface area contributed by atoms with Crippen molar-refractivity contribution in [3.8, 4) is 11.8 Å². The van der Waals surface area contributed by atoms with Gasteiger partial charge in [0, 0.05) is 10.6 Å². The molecule has 8 heteroatoms. The van der Waals surface area contributed by atoms with Gasteiger partial charge in [0.1, 0.15) is 17.4 Å². The van der Waals surface area contributed by atoms with Crippen molar-refractivity contribution in [2.45, 2.75) is 30.8 Å². The minimum Gasteiger partial charge on any atom is -0.316 e. The second-order valence-electron chi connectivity index (χ2n) is 6.18.